The number of hydrogen-bond donors (Lipinski definition) is 1. The predicted octanol–water partition coefficient (Wildman–Crippen LogP) is 1.00. The fourth-order valence-corrected chi connectivity index (χ4v) is 3.23. The van der Waals surface area contributed by atoms with Crippen molar-refractivity contribution >= 4 is 5.91 Å². The molecular weight excluding hydrogens is 244 g/mol. The summed E-state index contributed by atoms with van der Waals surface area (Å²) in [6, 6.07) is 4.30. The Labute approximate surface area is 112 Å². The number of likely N-dealkylation sites (tertiary alicyclic amines) is 1. The second-order valence-corrected chi connectivity index (χ2v) is 5.32. The van der Waals surface area contributed by atoms with Gasteiger partial charge in [0, 0.05) is 26.2 Å². The van der Waals surface area contributed by atoms with Crippen LogP contribution >= 0.6 is 0 Å². The second-order valence-electron chi connectivity index (χ2n) is 5.32. The fourth-order valence-electron chi connectivity index (χ4n) is 3.23. The first-order chi connectivity index (χ1) is 9.28. The van der Waals surface area contributed by atoms with E-state index in [1.54, 1.807) is 13.3 Å². The number of hydrogen-bond acceptors (Lipinski definition) is 4. The van der Waals surface area contributed by atoms with E-state index in [4.69, 9.17) is 9.15 Å². The number of fused-ring (bicyclic) bond motifs is 1. The summed E-state index contributed by atoms with van der Waals surface area (Å²) in [5, 5.41) is 2.75. The fraction of sp³-hybridized carbons (Fsp3) is 0.643. The number of nitrogens with one attached hydrogen (secondary N) is 1. The average molecular weight is 264 g/mol. The highest BCUT2D eigenvalue weighted by molar-refractivity contribution is 5.78. The number of ether oxygens (including phenoxy) is 1. The molecule has 0 radical (unpaired) electrons. The lowest BCUT2D eigenvalue weighted by Crippen LogP contribution is -2.52. The third-order valence-corrected chi connectivity index (χ3v) is 4.17. The van der Waals surface area contributed by atoms with Gasteiger partial charge in [-0.15, -0.1) is 0 Å². The first-order valence-electron chi connectivity index (χ1n) is 6.87. The van der Waals surface area contributed by atoms with Crippen LogP contribution in [-0.4, -0.2) is 43.2 Å². The maximum absolute atomic E-state index is 11.9. The van der Waals surface area contributed by atoms with E-state index >= 15 is 0 Å². The molecule has 5 nitrogen and oxygen atoms in total. The maximum Gasteiger partial charge on any atom is 0.224 e. The Kier molecular flexibility index (Phi) is 3.57. The lowest BCUT2D eigenvalue weighted by atomic mass is 9.89. The van der Waals surface area contributed by atoms with E-state index in [1.807, 2.05) is 12.1 Å². The summed E-state index contributed by atoms with van der Waals surface area (Å²) in [4.78, 5) is 14.2. The number of carbonyl (C=O) groups is 1. The van der Waals surface area contributed by atoms with Crippen LogP contribution in [0.2, 0.25) is 0 Å². The molecule has 1 aromatic heterocycles. The number of amides is 1. The number of nitrogens with zero attached hydrogens (tertiary/aromatic N) is 1. The normalized spacial score (nSPS) is 31.1. The molecule has 3 atom stereocenters. The van der Waals surface area contributed by atoms with Gasteiger partial charge in [0.2, 0.25) is 5.91 Å². The van der Waals surface area contributed by atoms with Crippen LogP contribution < -0.4 is 5.32 Å². The Bertz CT molecular complexity index is 432. The number of piperidine rings is 1. The van der Waals surface area contributed by atoms with Gasteiger partial charge in [-0.05, 0) is 25.0 Å². The quantitative estimate of drug-likeness (QED) is 0.885. The zero-order valence-electron chi connectivity index (χ0n) is 11.2. The molecule has 0 saturated carbocycles. The molecule has 3 heterocycles. The molecule has 5 heteroatoms. The van der Waals surface area contributed by atoms with Crippen molar-refractivity contribution < 1.29 is 13.9 Å². The summed E-state index contributed by atoms with van der Waals surface area (Å²) in [7, 11) is 1.70. The minimum atomic E-state index is 0.0133. The van der Waals surface area contributed by atoms with Crippen molar-refractivity contribution in [3.8, 4) is 0 Å². The molecule has 0 spiro atoms. The molecule has 19 heavy (non-hydrogen) atoms. The number of furan rings is 1. The van der Waals surface area contributed by atoms with Crippen LogP contribution in [0.4, 0.5) is 0 Å². The molecule has 2 fully saturated rings. The summed E-state index contributed by atoms with van der Waals surface area (Å²) in [5.41, 5.74) is 0. The monoisotopic (exact) mass is 264 g/mol. The molecule has 2 saturated heterocycles. The number of rotatable bonds is 3. The molecule has 1 N–H and O–H groups in total. The lowest BCUT2D eigenvalue weighted by molar-refractivity contribution is -0.129. The molecule has 0 aromatic carbocycles. The summed E-state index contributed by atoms with van der Waals surface area (Å²) in [5.74, 6) is 1.07. The topological polar surface area (TPSA) is 54.7 Å². The molecule has 1 amide bonds. The highest BCUT2D eigenvalue weighted by Gasteiger charge is 2.42. The second kappa shape index (κ2) is 5.35. The van der Waals surface area contributed by atoms with Gasteiger partial charge in [-0.25, -0.2) is 0 Å². The maximum atomic E-state index is 11.9. The van der Waals surface area contributed by atoms with Crippen LogP contribution in [0, 0.1) is 5.92 Å². The van der Waals surface area contributed by atoms with Crippen molar-refractivity contribution in [1.29, 1.82) is 0 Å². The van der Waals surface area contributed by atoms with Gasteiger partial charge in [-0.3, -0.25) is 9.69 Å². The standard InChI is InChI=1S/C14H20N2O3/c1-15-14(17)10-7-13-12(4-6-19-13)16(8-10)9-11-3-2-5-18-11/h2-3,5,10,12-13H,4,6-9H2,1H3,(H,15,17)/t10-,12+,13+/m1/s1. The Morgan fingerprint density at radius 3 is 3.21 bits per heavy atom. The highest BCUT2D eigenvalue weighted by Crippen LogP contribution is 2.32. The van der Waals surface area contributed by atoms with Crippen molar-refractivity contribution in [2.75, 3.05) is 20.2 Å². The highest BCUT2D eigenvalue weighted by atomic mass is 16.5. The van der Waals surface area contributed by atoms with E-state index in [2.05, 4.69) is 10.2 Å². The minimum absolute atomic E-state index is 0.0133. The Morgan fingerprint density at radius 2 is 2.47 bits per heavy atom. The molecule has 0 unspecified atom stereocenters. The van der Waals surface area contributed by atoms with E-state index in [9.17, 15) is 4.79 Å². The molecule has 2 aliphatic heterocycles. The largest absolute Gasteiger partial charge is 0.468 e. The van der Waals surface area contributed by atoms with E-state index in [-0.39, 0.29) is 17.9 Å². The van der Waals surface area contributed by atoms with Crippen molar-refractivity contribution in [3.05, 3.63) is 24.2 Å². The summed E-state index contributed by atoms with van der Waals surface area (Å²) < 4.78 is 11.2. The van der Waals surface area contributed by atoms with Gasteiger partial charge in [-0.2, -0.15) is 0 Å². The SMILES string of the molecule is CNC(=O)[C@@H]1C[C@@H]2OCC[C@@H]2N(Cc2ccco2)C1. The summed E-state index contributed by atoms with van der Waals surface area (Å²) in [6.45, 7) is 2.33. The van der Waals surface area contributed by atoms with Crippen molar-refractivity contribution in [2.45, 2.75) is 31.5 Å². The van der Waals surface area contributed by atoms with E-state index in [0.717, 1.165) is 38.3 Å². The minimum Gasteiger partial charge on any atom is -0.468 e. The van der Waals surface area contributed by atoms with Gasteiger partial charge >= 0.3 is 0 Å². The Balaban J connectivity index is 1.74. The van der Waals surface area contributed by atoms with Gasteiger partial charge in [0.25, 0.3) is 0 Å². The van der Waals surface area contributed by atoms with E-state index in [0.29, 0.717) is 6.04 Å². The zero-order valence-corrected chi connectivity index (χ0v) is 11.2. The predicted molar refractivity (Wildman–Crippen MR) is 69.4 cm³/mol. The average Bonchev–Trinajstić information content (AvgIpc) is 3.08. The third kappa shape index (κ3) is 2.53. The molecule has 3 rings (SSSR count). The Morgan fingerprint density at radius 1 is 1.58 bits per heavy atom. The molecule has 0 aliphatic carbocycles. The van der Waals surface area contributed by atoms with Gasteiger partial charge in [-0.1, -0.05) is 0 Å². The molecule has 0 bridgehead atoms. The third-order valence-electron chi connectivity index (χ3n) is 4.17. The van der Waals surface area contributed by atoms with E-state index in [1.165, 1.54) is 0 Å². The summed E-state index contributed by atoms with van der Waals surface area (Å²) >= 11 is 0. The van der Waals surface area contributed by atoms with Gasteiger partial charge in [0.05, 0.1) is 24.8 Å². The van der Waals surface area contributed by atoms with Gasteiger partial charge in [0.1, 0.15) is 5.76 Å². The van der Waals surface area contributed by atoms with Crippen LogP contribution in [0.15, 0.2) is 22.8 Å². The first kappa shape index (κ1) is 12.7. The lowest BCUT2D eigenvalue weighted by Gasteiger charge is -2.39. The molecule has 2 aliphatic rings. The Hall–Kier alpha value is -1.33. The van der Waals surface area contributed by atoms with Crippen molar-refractivity contribution in [2.24, 2.45) is 5.92 Å². The van der Waals surface area contributed by atoms with Crippen LogP contribution in [0.3, 0.4) is 0 Å². The first-order valence-corrected chi connectivity index (χ1v) is 6.87. The van der Waals surface area contributed by atoms with Crippen LogP contribution in [0.1, 0.15) is 18.6 Å². The summed E-state index contributed by atoms with van der Waals surface area (Å²) in [6.07, 6.45) is 3.76. The van der Waals surface area contributed by atoms with Crippen LogP contribution in [-0.2, 0) is 16.1 Å². The van der Waals surface area contributed by atoms with Gasteiger partial charge in [0.15, 0.2) is 0 Å². The molecule has 104 valence electrons. The molecular formula is C14H20N2O3. The van der Waals surface area contributed by atoms with Crippen LogP contribution in [0.25, 0.3) is 0 Å². The zero-order chi connectivity index (χ0) is 13.2. The van der Waals surface area contributed by atoms with Crippen LogP contribution in [0.5, 0.6) is 0 Å². The van der Waals surface area contributed by atoms with Crippen molar-refractivity contribution in [3.63, 3.8) is 0 Å². The number of carbonyl (C=O) groups excluding carboxylic acids is 1. The van der Waals surface area contributed by atoms with Crippen molar-refractivity contribution in [1.82, 2.24) is 10.2 Å². The van der Waals surface area contributed by atoms with E-state index < -0.39 is 0 Å². The molecule has 1 aromatic rings. The van der Waals surface area contributed by atoms with Gasteiger partial charge < -0.3 is 14.5 Å². The smallest absolute Gasteiger partial charge is 0.224 e.